The lowest BCUT2D eigenvalue weighted by atomic mass is 10.2. The van der Waals surface area contributed by atoms with Crippen LogP contribution in [-0.2, 0) is 23.0 Å². The highest BCUT2D eigenvalue weighted by atomic mass is 32.2. The predicted molar refractivity (Wildman–Crippen MR) is 84.4 cm³/mol. The van der Waals surface area contributed by atoms with E-state index in [-0.39, 0.29) is 0 Å². The van der Waals surface area contributed by atoms with Gasteiger partial charge in [-0.1, -0.05) is 0 Å². The van der Waals surface area contributed by atoms with E-state index in [9.17, 15) is 8.42 Å². The molecule has 0 amide bonds. The molecular weight excluding hydrogens is 306 g/mol. The average molecular weight is 325 g/mol. The lowest BCUT2D eigenvalue weighted by molar-refractivity contribution is 0.588. The molecule has 1 aliphatic rings. The van der Waals surface area contributed by atoms with Gasteiger partial charge in [-0.15, -0.1) is 11.3 Å². The van der Waals surface area contributed by atoms with Crippen LogP contribution < -0.4 is 4.31 Å². The summed E-state index contributed by atoms with van der Waals surface area (Å²) in [5.74, 6) is 0. The molecular formula is C14H19N3O2S2. The number of nitrogens with zero attached hydrogens (tertiary/aromatic N) is 3. The molecule has 0 unspecified atom stereocenters. The van der Waals surface area contributed by atoms with E-state index >= 15 is 0 Å². The summed E-state index contributed by atoms with van der Waals surface area (Å²) in [6.07, 6.45) is 4.53. The molecule has 5 nitrogen and oxygen atoms in total. The van der Waals surface area contributed by atoms with Gasteiger partial charge >= 0.3 is 0 Å². The highest BCUT2D eigenvalue weighted by Crippen LogP contribution is 2.35. The highest BCUT2D eigenvalue weighted by molar-refractivity contribution is 7.92. The summed E-state index contributed by atoms with van der Waals surface area (Å²) in [6, 6.07) is 1.92. The van der Waals surface area contributed by atoms with Crippen LogP contribution in [0.3, 0.4) is 0 Å². The molecule has 0 radical (unpaired) electrons. The third-order valence-corrected chi connectivity index (χ3v) is 6.69. The molecule has 21 heavy (non-hydrogen) atoms. The van der Waals surface area contributed by atoms with Crippen LogP contribution in [0, 0.1) is 6.92 Å². The third-order valence-electron chi connectivity index (χ3n) is 3.80. The molecule has 0 N–H and O–H groups in total. The largest absolute Gasteiger partial charge is 0.271 e. The number of rotatable bonds is 3. The zero-order valence-corrected chi connectivity index (χ0v) is 13.9. The van der Waals surface area contributed by atoms with Gasteiger partial charge in [-0.3, -0.25) is 8.99 Å². The smallest absolute Gasteiger partial charge is 0.267 e. The first-order chi connectivity index (χ1) is 10.0. The molecule has 0 spiro atoms. The van der Waals surface area contributed by atoms with Gasteiger partial charge in [0.25, 0.3) is 10.0 Å². The van der Waals surface area contributed by atoms with Crippen molar-refractivity contribution >= 4 is 27.0 Å². The Morgan fingerprint density at radius 2 is 2.19 bits per heavy atom. The van der Waals surface area contributed by atoms with Crippen LogP contribution in [0.5, 0.6) is 0 Å². The monoisotopic (exact) mass is 325 g/mol. The lowest BCUT2D eigenvalue weighted by Gasteiger charge is -2.22. The quantitative estimate of drug-likeness (QED) is 0.872. The SMILES string of the molecule is CCn1cc(S(=O)(=O)N2CCCCc3sccc32)c(C)n1. The molecule has 2 aromatic heterocycles. The predicted octanol–water partition coefficient (Wildman–Crippen LogP) is 2.80. The minimum absolute atomic E-state index is 0.323. The van der Waals surface area contributed by atoms with Crippen LogP contribution in [0.15, 0.2) is 22.5 Å². The van der Waals surface area contributed by atoms with E-state index in [0.29, 0.717) is 23.7 Å². The molecule has 7 heteroatoms. The Hall–Kier alpha value is -1.34. The van der Waals surface area contributed by atoms with E-state index in [1.165, 1.54) is 0 Å². The van der Waals surface area contributed by atoms with Crippen molar-refractivity contribution < 1.29 is 8.42 Å². The Kier molecular flexibility index (Phi) is 3.79. The third kappa shape index (κ3) is 2.48. The van der Waals surface area contributed by atoms with Crippen LogP contribution in [0.1, 0.15) is 30.3 Å². The first-order valence-electron chi connectivity index (χ1n) is 7.17. The Morgan fingerprint density at radius 3 is 2.90 bits per heavy atom. The van der Waals surface area contributed by atoms with Gasteiger partial charge in [-0.25, -0.2) is 8.42 Å². The second-order valence-electron chi connectivity index (χ2n) is 5.20. The summed E-state index contributed by atoms with van der Waals surface area (Å²) in [5.41, 5.74) is 1.42. The van der Waals surface area contributed by atoms with Gasteiger partial charge in [-0.05, 0) is 44.6 Å². The molecule has 0 bridgehead atoms. The van der Waals surface area contributed by atoms with Crippen LogP contribution in [0.2, 0.25) is 0 Å². The van der Waals surface area contributed by atoms with E-state index in [1.807, 2.05) is 18.4 Å². The fourth-order valence-electron chi connectivity index (χ4n) is 2.69. The average Bonchev–Trinajstić information content (AvgIpc) is 3.00. The number of aromatic nitrogens is 2. The minimum Gasteiger partial charge on any atom is -0.271 e. The van der Waals surface area contributed by atoms with E-state index in [2.05, 4.69) is 5.10 Å². The van der Waals surface area contributed by atoms with Crippen molar-refractivity contribution in [2.24, 2.45) is 0 Å². The van der Waals surface area contributed by atoms with Crippen molar-refractivity contribution in [1.29, 1.82) is 0 Å². The zero-order chi connectivity index (χ0) is 15.0. The maximum atomic E-state index is 13.0. The van der Waals surface area contributed by atoms with E-state index in [4.69, 9.17) is 0 Å². The van der Waals surface area contributed by atoms with Gasteiger partial charge in [0.05, 0.1) is 11.4 Å². The molecule has 0 saturated heterocycles. The van der Waals surface area contributed by atoms with Crippen molar-refractivity contribution in [3.8, 4) is 0 Å². The number of thiophene rings is 1. The lowest BCUT2D eigenvalue weighted by Crippen LogP contribution is -2.31. The van der Waals surface area contributed by atoms with Gasteiger partial charge < -0.3 is 0 Å². The van der Waals surface area contributed by atoms with Crippen molar-refractivity contribution in [3.05, 3.63) is 28.2 Å². The number of anilines is 1. The molecule has 0 saturated carbocycles. The maximum Gasteiger partial charge on any atom is 0.267 e. The standard InChI is InChI=1S/C14H19N3O2S2/c1-3-16-10-14(11(2)15-16)21(18,19)17-8-5-4-6-13-12(17)7-9-20-13/h7,9-10H,3-6,8H2,1-2H3. The van der Waals surface area contributed by atoms with Crippen LogP contribution >= 0.6 is 11.3 Å². The summed E-state index contributed by atoms with van der Waals surface area (Å²) < 4.78 is 29.3. The van der Waals surface area contributed by atoms with E-state index in [0.717, 1.165) is 29.8 Å². The molecule has 3 heterocycles. The summed E-state index contributed by atoms with van der Waals surface area (Å²) in [7, 11) is -3.53. The molecule has 0 aliphatic carbocycles. The highest BCUT2D eigenvalue weighted by Gasteiger charge is 2.31. The number of hydrogen-bond acceptors (Lipinski definition) is 4. The number of aryl methyl sites for hydroxylation is 3. The fraction of sp³-hybridized carbons (Fsp3) is 0.500. The molecule has 0 aromatic carbocycles. The number of hydrogen-bond donors (Lipinski definition) is 0. The molecule has 1 aliphatic heterocycles. The van der Waals surface area contributed by atoms with Gasteiger partial charge in [0, 0.05) is 24.2 Å². The van der Waals surface area contributed by atoms with Crippen molar-refractivity contribution in [1.82, 2.24) is 9.78 Å². The van der Waals surface area contributed by atoms with Crippen LogP contribution in [0.25, 0.3) is 0 Å². The molecule has 0 fully saturated rings. The topological polar surface area (TPSA) is 55.2 Å². The zero-order valence-electron chi connectivity index (χ0n) is 12.2. The first kappa shape index (κ1) is 14.6. The van der Waals surface area contributed by atoms with Gasteiger partial charge in [0.15, 0.2) is 0 Å². The maximum absolute atomic E-state index is 13.0. The number of fused-ring (bicyclic) bond motifs is 1. The minimum atomic E-state index is -3.53. The Bertz CT molecular complexity index is 746. The van der Waals surface area contributed by atoms with Crippen LogP contribution in [-0.4, -0.2) is 24.7 Å². The van der Waals surface area contributed by atoms with E-state index < -0.39 is 10.0 Å². The molecule has 2 aromatic rings. The van der Waals surface area contributed by atoms with E-state index in [1.54, 1.807) is 33.4 Å². The van der Waals surface area contributed by atoms with Crippen molar-refractivity contribution in [2.75, 3.05) is 10.8 Å². The second-order valence-corrected chi connectivity index (χ2v) is 8.03. The molecule has 114 valence electrons. The normalized spacial score (nSPS) is 15.8. The Balaban J connectivity index is 2.08. The van der Waals surface area contributed by atoms with Gasteiger partial charge in [0.2, 0.25) is 0 Å². The second kappa shape index (κ2) is 5.46. The first-order valence-corrected chi connectivity index (χ1v) is 9.49. The summed E-state index contributed by atoms with van der Waals surface area (Å²) in [6.45, 7) is 4.92. The summed E-state index contributed by atoms with van der Waals surface area (Å²) in [5, 5.41) is 6.24. The van der Waals surface area contributed by atoms with Crippen LogP contribution in [0.4, 0.5) is 5.69 Å². The van der Waals surface area contributed by atoms with Gasteiger partial charge in [-0.2, -0.15) is 5.10 Å². The fourth-order valence-corrected chi connectivity index (χ4v) is 5.37. The van der Waals surface area contributed by atoms with Crippen molar-refractivity contribution in [3.63, 3.8) is 0 Å². The Labute approximate surface area is 129 Å². The molecule has 0 atom stereocenters. The number of sulfonamides is 1. The van der Waals surface area contributed by atoms with Crippen molar-refractivity contribution in [2.45, 2.75) is 44.6 Å². The van der Waals surface area contributed by atoms with Gasteiger partial charge in [0.1, 0.15) is 4.90 Å². The summed E-state index contributed by atoms with van der Waals surface area (Å²) in [4.78, 5) is 1.49. The summed E-state index contributed by atoms with van der Waals surface area (Å²) >= 11 is 1.64. The molecule has 3 rings (SSSR count). The Morgan fingerprint density at radius 1 is 1.38 bits per heavy atom.